The van der Waals surface area contributed by atoms with E-state index in [0.717, 1.165) is 38.0 Å². The van der Waals surface area contributed by atoms with Gasteiger partial charge in [-0.05, 0) is 63.0 Å². The number of ether oxygens (including phenoxy) is 3. The summed E-state index contributed by atoms with van der Waals surface area (Å²) in [6.07, 6.45) is 3.57. The molecule has 2 aromatic rings. The molecule has 188 valence electrons. The maximum atomic E-state index is 12.8. The van der Waals surface area contributed by atoms with E-state index in [1.807, 2.05) is 6.07 Å². The number of urea groups is 1. The molecule has 0 radical (unpaired) electrons. The molecule has 0 spiro atoms. The highest BCUT2D eigenvalue weighted by molar-refractivity contribution is 5.91. The van der Waals surface area contributed by atoms with Gasteiger partial charge in [0.15, 0.2) is 11.5 Å². The predicted octanol–water partition coefficient (Wildman–Crippen LogP) is 3.94. The predicted molar refractivity (Wildman–Crippen MR) is 132 cm³/mol. The number of nitro groups is 1. The first-order valence-electron chi connectivity index (χ1n) is 11.6. The van der Waals surface area contributed by atoms with Gasteiger partial charge < -0.3 is 29.7 Å². The first-order valence-corrected chi connectivity index (χ1v) is 11.6. The summed E-state index contributed by atoms with van der Waals surface area (Å²) in [7, 11) is 6.86. The number of anilines is 1. The molecule has 0 aromatic heterocycles. The topological polar surface area (TPSA) is 115 Å². The number of methoxy groups -OCH3 is 3. The Morgan fingerprint density at radius 3 is 2.46 bits per heavy atom. The van der Waals surface area contributed by atoms with Crippen LogP contribution in [0, 0.1) is 10.1 Å². The third-order valence-corrected chi connectivity index (χ3v) is 7.46. The Balaban J connectivity index is 1.49. The second-order valence-electron chi connectivity index (χ2n) is 9.18. The van der Waals surface area contributed by atoms with Gasteiger partial charge >= 0.3 is 6.03 Å². The Hall–Kier alpha value is -3.53. The van der Waals surface area contributed by atoms with E-state index in [2.05, 4.69) is 34.7 Å². The number of likely N-dealkylation sites (N-methyl/N-ethyl adjacent to an activating group) is 1. The molecular formula is C25H32N4O6. The fourth-order valence-corrected chi connectivity index (χ4v) is 5.65. The fourth-order valence-electron chi connectivity index (χ4n) is 5.65. The number of nitrogens with one attached hydrogen (secondary N) is 2. The van der Waals surface area contributed by atoms with Crippen molar-refractivity contribution in [3.63, 3.8) is 0 Å². The minimum absolute atomic E-state index is 0.0216. The summed E-state index contributed by atoms with van der Waals surface area (Å²) in [6, 6.07) is 10.1. The molecule has 3 atom stereocenters. The van der Waals surface area contributed by atoms with Crippen molar-refractivity contribution in [2.45, 2.75) is 43.2 Å². The highest BCUT2D eigenvalue weighted by atomic mass is 16.6. The second kappa shape index (κ2) is 9.99. The highest BCUT2D eigenvalue weighted by Crippen LogP contribution is 2.49. The zero-order valence-electron chi connectivity index (χ0n) is 20.5. The molecule has 1 aliphatic heterocycles. The van der Waals surface area contributed by atoms with Crippen molar-refractivity contribution in [2.75, 3.05) is 40.2 Å². The summed E-state index contributed by atoms with van der Waals surface area (Å²) in [6.45, 7) is 0.975. The number of rotatable bonds is 7. The van der Waals surface area contributed by atoms with Crippen LogP contribution in [-0.2, 0) is 5.41 Å². The van der Waals surface area contributed by atoms with Gasteiger partial charge in [0.1, 0.15) is 5.75 Å². The Morgan fingerprint density at radius 2 is 1.77 bits per heavy atom. The normalized spacial score (nSPS) is 23.8. The Bertz CT molecular complexity index is 1110. The van der Waals surface area contributed by atoms with Crippen molar-refractivity contribution < 1.29 is 23.9 Å². The van der Waals surface area contributed by atoms with Crippen LogP contribution in [0.15, 0.2) is 36.4 Å². The van der Waals surface area contributed by atoms with Gasteiger partial charge in [-0.3, -0.25) is 10.1 Å². The van der Waals surface area contributed by atoms with Crippen LogP contribution in [0.2, 0.25) is 0 Å². The Kier molecular flexibility index (Phi) is 7.02. The van der Waals surface area contributed by atoms with E-state index in [-0.39, 0.29) is 28.9 Å². The van der Waals surface area contributed by atoms with Crippen LogP contribution in [0.4, 0.5) is 16.2 Å². The molecule has 0 bridgehead atoms. The average molecular weight is 485 g/mol. The number of amides is 2. The number of likely N-dealkylation sites (tertiary alicyclic amines) is 1. The van der Waals surface area contributed by atoms with Crippen molar-refractivity contribution in [1.82, 2.24) is 10.2 Å². The maximum absolute atomic E-state index is 12.8. The molecule has 1 aliphatic carbocycles. The van der Waals surface area contributed by atoms with Gasteiger partial charge in [-0.2, -0.15) is 0 Å². The van der Waals surface area contributed by atoms with Gasteiger partial charge in [0.05, 0.1) is 31.9 Å². The maximum Gasteiger partial charge on any atom is 0.319 e. The molecule has 4 rings (SSSR count). The van der Waals surface area contributed by atoms with Crippen molar-refractivity contribution >= 4 is 17.4 Å². The van der Waals surface area contributed by atoms with Crippen LogP contribution in [0.3, 0.4) is 0 Å². The molecular weight excluding hydrogens is 452 g/mol. The number of benzene rings is 2. The first-order chi connectivity index (χ1) is 16.8. The zero-order chi connectivity index (χ0) is 25.2. The number of nitro benzene ring substituents is 1. The summed E-state index contributed by atoms with van der Waals surface area (Å²) < 4.78 is 16.2. The first kappa shape index (κ1) is 24.6. The van der Waals surface area contributed by atoms with Gasteiger partial charge in [0.2, 0.25) is 0 Å². The average Bonchev–Trinajstić information content (AvgIpc) is 3.20. The second-order valence-corrected chi connectivity index (χ2v) is 9.18. The molecule has 1 saturated heterocycles. The van der Waals surface area contributed by atoms with E-state index in [0.29, 0.717) is 11.5 Å². The van der Waals surface area contributed by atoms with Crippen LogP contribution in [0.5, 0.6) is 17.2 Å². The SMILES string of the molecule is COc1ccc([N+](=O)[O-])cc1NC(=O)NC1CCC2(c3ccc(OC)c(OC)c3)CCN(C)C2C1. The molecule has 2 fully saturated rings. The number of nitrogens with zero attached hydrogens (tertiary/aromatic N) is 2. The van der Waals surface area contributed by atoms with Crippen LogP contribution in [0.1, 0.15) is 31.2 Å². The lowest BCUT2D eigenvalue weighted by atomic mass is 9.65. The number of carbonyl (C=O) groups is 1. The van der Waals surface area contributed by atoms with Gasteiger partial charge in [-0.1, -0.05) is 6.07 Å². The zero-order valence-corrected chi connectivity index (χ0v) is 20.5. The third-order valence-electron chi connectivity index (χ3n) is 7.46. The molecule has 10 heteroatoms. The lowest BCUT2D eigenvalue weighted by molar-refractivity contribution is -0.384. The number of fused-ring (bicyclic) bond motifs is 1. The lowest BCUT2D eigenvalue weighted by Gasteiger charge is -2.45. The number of carbonyl (C=O) groups excluding carboxylic acids is 1. The highest BCUT2D eigenvalue weighted by Gasteiger charge is 2.50. The summed E-state index contributed by atoms with van der Waals surface area (Å²) in [5.41, 5.74) is 1.35. The molecule has 10 nitrogen and oxygen atoms in total. The number of non-ortho nitro benzene ring substituents is 1. The van der Waals surface area contributed by atoms with Crippen LogP contribution >= 0.6 is 0 Å². The quantitative estimate of drug-likeness (QED) is 0.452. The molecule has 2 aliphatic rings. The van der Waals surface area contributed by atoms with Crippen molar-refractivity contribution in [2.24, 2.45) is 0 Å². The molecule has 2 N–H and O–H groups in total. The van der Waals surface area contributed by atoms with Crippen LogP contribution < -0.4 is 24.8 Å². The van der Waals surface area contributed by atoms with E-state index >= 15 is 0 Å². The van der Waals surface area contributed by atoms with Crippen molar-refractivity contribution in [3.05, 3.63) is 52.1 Å². The van der Waals surface area contributed by atoms with Crippen LogP contribution in [-0.4, -0.2) is 62.9 Å². The van der Waals surface area contributed by atoms with E-state index in [4.69, 9.17) is 14.2 Å². The molecule has 2 aromatic carbocycles. The van der Waals surface area contributed by atoms with Crippen molar-refractivity contribution in [3.8, 4) is 17.2 Å². The van der Waals surface area contributed by atoms with Gasteiger partial charge in [-0.15, -0.1) is 0 Å². The molecule has 35 heavy (non-hydrogen) atoms. The van der Waals surface area contributed by atoms with E-state index < -0.39 is 11.0 Å². The molecule has 2 amide bonds. The summed E-state index contributed by atoms with van der Waals surface area (Å²) in [5.74, 6) is 1.79. The fraction of sp³-hybridized carbons (Fsp3) is 0.480. The van der Waals surface area contributed by atoms with Gasteiger partial charge in [-0.25, -0.2) is 4.79 Å². The van der Waals surface area contributed by atoms with Crippen molar-refractivity contribution in [1.29, 1.82) is 0 Å². The van der Waals surface area contributed by atoms with Gasteiger partial charge in [0.25, 0.3) is 5.69 Å². The largest absolute Gasteiger partial charge is 0.495 e. The molecule has 3 unspecified atom stereocenters. The Labute approximate surface area is 204 Å². The number of hydrogen-bond donors (Lipinski definition) is 2. The third kappa shape index (κ3) is 4.70. The smallest absolute Gasteiger partial charge is 0.319 e. The summed E-state index contributed by atoms with van der Waals surface area (Å²) in [4.78, 5) is 25.8. The van der Waals surface area contributed by atoms with Crippen LogP contribution in [0.25, 0.3) is 0 Å². The number of hydrogen-bond acceptors (Lipinski definition) is 7. The molecule has 1 heterocycles. The monoisotopic (exact) mass is 484 g/mol. The standard InChI is InChI=1S/C25H32N4O6/c1-28-12-11-25(16-5-7-21(34-3)22(13-16)35-4)10-9-17(14-23(25)28)26-24(30)27-19-15-18(29(31)32)6-8-20(19)33-2/h5-8,13,15,17,23H,9-12,14H2,1-4H3,(H2,26,27,30). The van der Waals surface area contributed by atoms with Gasteiger partial charge in [0, 0.05) is 29.6 Å². The summed E-state index contributed by atoms with van der Waals surface area (Å²) in [5, 5.41) is 16.9. The lowest BCUT2D eigenvalue weighted by Crippen LogP contribution is -2.52. The van der Waals surface area contributed by atoms with E-state index in [1.54, 1.807) is 14.2 Å². The minimum Gasteiger partial charge on any atom is -0.495 e. The van der Waals surface area contributed by atoms with E-state index in [1.165, 1.54) is 30.9 Å². The Morgan fingerprint density at radius 1 is 1.06 bits per heavy atom. The summed E-state index contributed by atoms with van der Waals surface area (Å²) >= 11 is 0. The van der Waals surface area contributed by atoms with E-state index in [9.17, 15) is 14.9 Å². The minimum atomic E-state index is -0.507. The molecule has 1 saturated carbocycles.